The Hall–Kier alpha value is -2.30. The molecule has 0 N–H and O–H groups in total. The average Bonchev–Trinajstić information content (AvgIpc) is 2.97. The van der Waals surface area contributed by atoms with Gasteiger partial charge in [-0.1, -0.05) is 13.0 Å². The van der Waals surface area contributed by atoms with Crippen molar-refractivity contribution in [2.45, 2.75) is 26.7 Å². The van der Waals surface area contributed by atoms with Crippen molar-refractivity contribution < 1.29 is 9.53 Å². The van der Waals surface area contributed by atoms with Crippen LogP contribution in [-0.2, 0) is 0 Å². The molecule has 0 aliphatic carbocycles. The van der Waals surface area contributed by atoms with Crippen LogP contribution in [0.25, 0.3) is 5.69 Å². The van der Waals surface area contributed by atoms with E-state index in [9.17, 15) is 4.79 Å². The maximum Gasteiger partial charge on any atom is 0.274 e. The molecule has 0 saturated carbocycles. The third-order valence-electron chi connectivity index (χ3n) is 4.48. The molecule has 5 heteroatoms. The van der Waals surface area contributed by atoms with Gasteiger partial charge in [0.1, 0.15) is 5.75 Å². The molecule has 0 atom stereocenters. The van der Waals surface area contributed by atoms with Crippen LogP contribution in [0.4, 0.5) is 0 Å². The first-order valence-electron chi connectivity index (χ1n) is 8.09. The second kappa shape index (κ2) is 6.44. The fourth-order valence-corrected chi connectivity index (χ4v) is 2.96. The van der Waals surface area contributed by atoms with Gasteiger partial charge >= 0.3 is 0 Å². The largest absolute Gasteiger partial charge is 0.497 e. The average molecular weight is 313 g/mol. The normalized spacial score (nSPS) is 15.7. The number of hydrogen-bond donors (Lipinski definition) is 0. The number of benzene rings is 1. The van der Waals surface area contributed by atoms with Crippen LogP contribution in [0.5, 0.6) is 5.75 Å². The van der Waals surface area contributed by atoms with E-state index in [2.05, 4.69) is 12.0 Å². The minimum atomic E-state index is 0.0293. The number of aromatic nitrogens is 2. The third-order valence-corrected chi connectivity index (χ3v) is 4.48. The summed E-state index contributed by atoms with van der Waals surface area (Å²) in [6.07, 6.45) is 2.14. The van der Waals surface area contributed by atoms with Gasteiger partial charge in [-0.25, -0.2) is 4.68 Å². The number of methoxy groups -OCH3 is 1. The van der Waals surface area contributed by atoms with Gasteiger partial charge < -0.3 is 9.64 Å². The Bertz CT molecular complexity index is 700. The van der Waals surface area contributed by atoms with Crippen LogP contribution in [0, 0.1) is 12.8 Å². The number of carbonyl (C=O) groups is 1. The summed E-state index contributed by atoms with van der Waals surface area (Å²) >= 11 is 0. The second-order valence-electron chi connectivity index (χ2n) is 6.26. The number of aryl methyl sites for hydroxylation is 1. The number of rotatable bonds is 3. The lowest BCUT2D eigenvalue weighted by Crippen LogP contribution is -2.38. The summed E-state index contributed by atoms with van der Waals surface area (Å²) in [6, 6.07) is 9.54. The van der Waals surface area contributed by atoms with Crippen molar-refractivity contribution in [1.82, 2.24) is 14.7 Å². The molecule has 1 aliphatic rings. The molecule has 1 aromatic carbocycles. The Morgan fingerprint density at radius 3 is 2.70 bits per heavy atom. The molecule has 1 amide bonds. The highest BCUT2D eigenvalue weighted by Gasteiger charge is 2.24. The fraction of sp³-hybridized carbons (Fsp3) is 0.444. The van der Waals surface area contributed by atoms with Crippen LogP contribution in [0.15, 0.2) is 30.3 Å². The number of ether oxygens (including phenoxy) is 1. The van der Waals surface area contributed by atoms with Gasteiger partial charge in [-0.3, -0.25) is 4.79 Å². The molecule has 0 spiro atoms. The van der Waals surface area contributed by atoms with E-state index in [-0.39, 0.29) is 5.91 Å². The van der Waals surface area contributed by atoms with Crippen molar-refractivity contribution in [3.8, 4) is 11.4 Å². The predicted octanol–water partition coefficient (Wildman–Crippen LogP) is 3.06. The minimum Gasteiger partial charge on any atom is -0.497 e. The molecule has 1 fully saturated rings. The van der Waals surface area contributed by atoms with Gasteiger partial charge in [0.25, 0.3) is 5.91 Å². The highest BCUT2D eigenvalue weighted by molar-refractivity contribution is 5.92. The summed E-state index contributed by atoms with van der Waals surface area (Å²) in [6.45, 7) is 5.85. The molecule has 5 nitrogen and oxygen atoms in total. The highest BCUT2D eigenvalue weighted by atomic mass is 16.5. The Morgan fingerprint density at radius 1 is 1.26 bits per heavy atom. The molecule has 1 aromatic heterocycles. The van der Waals surface area contributed by atoms with Crippen molar-refractivity contribution in [3.63, 3.8) is 0 Å². The lowest BCUT2D eigenvalue weighted by atomic mass is 9.99. The monoisotopic (exact) mass is 313 g/mol. The Labute approximate surface area is 136 Å². The van der Waals surface area contributed by atoms with Crippen molar-refractivity contribution in [2.24, 2.45) is 5.92 Å². The van der Waals surface area contributed by atoms with E-state index in [0.29, 0.717) is 11.6 Å². The van der Waals surface area contributed by atoms with Gasteiger partial charge in [-0.05, 0) is 43.9 Å². The van der Waals surface area contributed by atoms with Crippen LogP contribution in [0.3, 0.4) is 0 Å². The van der Waals surface area contributed by atoms with E-state index < -0.39 is 0 Å². The van der Waals surface area contributed by atoms with Crippen molar-refractivity contribution in [1.29, 1.82) is 0 Å². The molecule has 2 aromatic rings. The van der Waals surface area contributed by atoms with Crippen molar-refractivity contribution >= 4 is 5.91 Å². The topological polar surface area (TPSA) is 47.4 Å². The molecule has 2 heterocycles. The Kier molecular flexibility index (Phi) is 4.37. The van der Waals surface area contributed by atoms with Crippen LogP contribution < -0.4 is 4.74 Å². The molecule has 23 heavy (non-hydrogen) atoms. The van der Waals surface area contributed by atoms with Gasteiger partial charge in [0.2, 0.25) is 0 Å². The molecule has 0 radical (unpaired) electrons. The van der Waals surface area contributed by atoms with Gasteiger partial charge in [-0.15, -0.1) is 0 Å². The van der Waals surface area contributed by atoms with Crippen molar-refractivity contribution in [3.05, 3.63) is 41.7 Å². The maximum atomic E-state index is 12.7. The van der Waals surface area contributed by atoms with E-state index in [1.807, 2.05) is 42.2 Å². The lowest BCUT2D eigenvalue weighted by molar-refractivity contribution is 0.0691. The molecular weight excluding hydrogens is 290 g/mol. The standard InChI is InChI=1S/C18H23N3O2/c1-13-7-9-20(10-8-13)18(22)17-11-14(2)21(19-17)15-5-4-6-16(12-15)23-3/h4-6,11-13H,7-10H2,1-3H3. The van der Waals surface area contributed by atoms with Crippen LogP contribution in [0.2, 0.25) is 0 Å². The van der Waals surface area contributed by atoms with Crippen molar-refractivity contribution in [2.75, 3.05) is 20.2 Å². The molecule has 3 rings (SSSR count). The van der Waals surface area contributed by atoms with E-state index in [0.717, 1.165) is 43.1 Å². The predicted molar refractivity (Wildman–Crippen MR) is 89.2 cm³/mol. The number of likely N-dealkylation sites (tertiary alicyclic amines) is 1. The number of piperidine rings is 1. The zero-order valence-corrected chi connectivity index (χ0v) is 14.0. The van der Waals surface area contributed by atoms with Crippen LogP contribution in [0.1, 0.15) is 35.9 Å². The Balaban J connectivity index is 1.84. The zero-order chi connectivity index (χ0) is 16.4. The van der Waals surface area contributed by atoms with E-state index in [1.54, 1.807) is 11.8 Å². The van der Waals surface area contributed by atoms with E-state index >= 15 is 0 Å². The second-order valence-corrected chi connectivity index (χ2v) is 6.26. The summed E-state index contributed by atoms with van der Waals surface area (Å²) in [5, 5.41) is 4.52. The Morgan fingerprint density at radius 2 is 2.00 bits per heavy atom. The number of amides is 1. The molecule has 0 unspecified atom stereocenters. The third kappa shape index (κ3) is 3.23. The van der Waals surface area contributed by atoms with E-state index in [4.69, 9.17) is 4.74 Å². The van der Waals surface area contributed by atoms with Gasteiger partial charge in [0.05, 0.1) is 12.8 Å². The zero-order valence-electron chi connectivity index (χ0n) is 14.0. The first-order chi connectivity index (χ1) is 11.1. The first-order valence-corrected chi connectivity index (χ1v) is 8.09. The smallest absolute Gasteiger partial charge is 0.274 e. The molecular formula is C18H23N3O2. The number of hydrogen-bond acceptors (Lipinski definition) is 3. The summed E-state index contributed by atoms with van der Waals surface area (Å²) in [5.41, 5.74) is 2.35. The SMILES string of the molecule is COc1cccc(-n2nc(C(=O)N3CCC(C)CC3)cc2C)c1. The minimum absolute atomic E-state index is 0.0293. The molecule has 1 saturated heterocycles. The lowest BCUT2D eigenvalue weighted by Gasteiger charge is -2.29. The number of nitrogens with zero attached hydrogens (tertiary/aromatic N) is 3. The van der Waals surface area contributed by atoms with E-state index in [1.165, 1.54) is 0 Å². The first kappa shape index (κ1) is 15.6. The molecule has 0 bridgehead atoms. The summed E-state index contributed by atoms with van der Waals surface area (Å²) < 4.78 is 7.05. The maximum absolute atomic E-state index is 12.7. The van der Waals surface area contributed by atoms with Gasteiger partial charge in [0.15, 0.2) is 5.69 Å². The van der Waals surface area contributed by atoms with Crippen LogP contribution >= 0.6 is 0 Å². The van der Waals surface area contributed by atoms with Crippen LogP contribution in [-0.4, -0.2) is 40.8 Å². The summed E-state index contributed by atoms with van der Waals surface area (Å²) in [5.74, 6) is 1.51. The molecule has 122 valence electrons. The van der Waals surface area contributed by atoms with Gasteiger partial charge in [0, 0.05) is 24.8 Å². The fourth-order valence-electron chi connectivity index (χ4n) is 2.96. The summed E-state index contributed by atoms with van der Waals surface area (Å²) in [7, 11) is 1.64. The molecule has 1 aliphatic heterocycles. The quantitative estimate of drug-likeness (QED) is 0.875. The highest BCUT2D eigenvalue weighted by Crippen LogP contribution is 2.21. The van der Waals surface area contributed by atoms with Gasteiger partial charge in [-0.2, -0.15) is 5.10 Å². The number of carbonyl (C=O) groups excluding carboxylic acids is 1. The summed E-state index contributed by atoms with van der Waals surface area (Å²) in [4.78, 5) is 14.6.